The van der Waals surface area contributed by atoms with Crippen molar-refractivity contribution in [2.45, 2.75) is 0 Å². The van der Waals surface area contributed by atoms with E-state index in [4.69, 9.17) is 20.8 Å². The Balaban J connectivity index is 2.37. The molecule has 0 aliphatic heterocycles. The van der Waals surface area contributed by atoms with E-state index in [0.717, 1.165) is 0 Å². The van der Waals surface area contributed by atoms with Crippen LogP contribution in [0.15, 0.2) is 39.4 Å². The molecule has 17 heavy (non-hydrogen) atoms. The topological polar surface area (TPSA) is 39.4 Å². The van der Waals surface area contributed by atoms with Crippen LogP contribution in [0.25, 0.3) is 0 Å². The van der Waals surface area contributed by atoms with Gasteiger partial charge in [-0.3, -0.25) is 4.79 Å². The Morgan fingerprint density at radius 2 is 2.12 bits per heavy atom. The van der Waals surface area contributed by atoms with E-state index in [0.29, 0.717) is 21.0 Å². The van der Waals surface area contributed by atoms with Crippen molar-refractivity contribution in [3.8, 4) is 5.75 Å². The zero-order valence-electron chi connectivity index (χ0n) is 8.87. The van der Waals surface area contributed by atoms with Crippen LogP contribution < -0.4 is 4.74 Å². The van der Waals surface area contributed by atoms with Gasteiger partial charge in [-0.15, -0.1) is 0 Å². The first-order valence-electron chi connectivity index (χ1n) is 4.75. The summed E-state index contributed by atoms with van der Waals surface area (Å²) in [6.07, 6.45) is 0. The van der Waals surface area contributed by atoms with Crippen LogP contribution in [-0.4, -0.2) is 12.9 Å². The van der Waals surface area contributed by atoms with Crippen molar-refractivity contribution < 1.29 is 13.9 Å². The van der Waals surface area contributed by atoms with Crippen molar-refractivity contribution in [2.75, 3.05) is 7.11 Å². The fourth-order valence-corrected chi connectivity index (χ4v) is 1.94. The number of carbonyl (C=O) groups is 1. The van der Waals surface area contributed by atoms with Crippen LogP contribution in [-0.2, 0) is 0 Å². The van der Waals surface area contributed by atoms with Crippen LogP contribution in [0.2, 0.25) is 5.02 Å². The largest absolute Gasteiger partial charge is 0.497 e. The van der Waals surface area contributed by atoms with Crippen molar-refractivity contribution in [3.05, 3.63) is 51.3 Å². The highest BCUT2D eigenvalue weighted by Gasteiger charge is 2.16. The third-order valence-electron chi connectivity index (χ3n) is 2.22. The maximum Gasteiger partial charge on any atom is 0.229 e. The highest BCUT2D eigenvalue weighted by Crippen LogP contribution is 2.26. The first-order chi connectivity index (χ1) is 8.11. The molecule has 0 N–H and O–H groups in total. The van der Waals surface area contributed by atoms with Gasteiger partial charge in [0.15, 0.2) is 10.4 Å². The van der Waals surface area contributed by atoms with Crippen molar-refractivity contribution in [1.82, 2.24) is 0 Å². The Morgan fingerprint density at radius 1 is 1.35 bits per heavy atom. The number of rotatable bonds is 3. The third-order valence-corrected chi connectivity index (χ3v) is 2.96. The molecule has 0 unspecified atom stereocenters. The molecule has 1 aromatic carbocycles. The highest BCUT2D eigenvalue weighted by molar-refractivity contribution is 9.10. The second-order valence-electron chi connectivity index (χ2n) is 3.28. The minimum atomic E-state index is -0.261. The number of furan rings is 1. The Labute approximate surface area is 111 Å². The second-order valence-corrected chi connectivity index (χ2v) is 4.47. The minimum absolute atomic E-state index is 0.240. The van der Waals surface area contributed by atoms with Crippen LogP contribution in [0.4, 0.5) is 0 Å². The van der Waals surface area contributed by atoms with Crippen molar-refractivity contribution in [3.63, 3.8) is 0 Å². The summed E-state index contributed by atoms with van der Waals surface area (Å²) < 4.78 is 10.7. The van der Waals surface area contributed by atoms with E-state index < -0.39 is 0 Å². The number of carbonyl (C=O) groups excluding carboxylic acids is 1. The van der Waals surface area contributed by atoms with Crippen LogP contribution in [0.3, 0.4) is 0 Å². The molecule has 1 heterocycles. The number of hydrogen-bond acceptors (Lipinski definition) is 3. The lowest BCUT2D eigenvalue weighted by molar-refractivity contribution is 0.101. The molecule has 0 radical (unpaired) electrons. The van der Waals surface area contributed by atoms with Gasteiger partial charge in [0.25, 0.3) is 0 Å². The summed E-state index contributed by atoms with van der Waals surface area (Å²) in [6, 6.07) is 8.13. The van der Waals surface area contributed by atoms with E-state index in [1.807, 2.05) is 0 Å². The van der Waals surface area contributed by atoms with Crippen molar-refractivity contribution >= 4 is 33.3 Å². The normalized spacial score (nSPS) is 10.3. The Morgan fingerprint density at radius 3 is 2.65 bits per heavy atom. The van der Waals surface area contributed by atoms with Gasteiger partial charge in [0, 0.05) is 5.56 Å². The van der Waals surface area contributed by atoms with Gasteiger partial charge in [0.1, 0.15) is 5.75 Å². The predicted octanol–water partition coefficient (Wildman–Crippen LogP) is 3.94. The lowest BCUT2D eigenvalue weighted by Crippen LogP contribution is -2.00. The van der Waals surface area contributed by atoms with E-state index in [9.17, 15) is 4.79 Å². The quantitative estimate of drug-likeness (QED) is 0.806. The van der Waals surface area contributed by atoms with Crippen molar-refractivity contribution in [1.29, 1.82) is 0 Å². The maximum atomic E-state index is 12.0. The van der Waals surface area contributed by atoms with E-state index >= 15 is 0 Å². The fraction of sp³-hybridized carbons (Fsp3) is 0.0833. The zero-order chi connectivity index (χ0) is 12.4. The molecule has 88 valence electrons. The molecule has 5 heteroatoms. The molecule has 0 atom stereocenters. The van der Waals surface area contributed by atoms with Gasteiger partial charge >= 0.3 is 0 Å². The number of benzene rings is 1. The average molecular weight is 316 g/mol. The molecule has 3 nitrogen and oxygen atoms in total. The van der Waals surface area contributed by atoms with Gasteiger partial charge in [0.05, 0.1) is 12.1 Å². The minimum Gasteiger partial charge on any atom is -0.497 e. The molecule has 0 spiro atoms. The summed E-state index contributed by atoms with van der Waals surface area (Å²) in [6.45, 7) is 0. The standard InChI is InChI=1S/C12H8BrClO3/c1-16-7-2-3-8(9(14)6-7)12(15)10-4-5-11(13)17-10/h2-6H,1H3. The molecule has 2 aromatic rings. The van der Waals surface area contributed by atoms with Gasteiger partial charge in [-0.1, -0.05) is 11.6 Å². The summed E-state index contributed by atoms with van der Waals surface area (Å²) in [5, 5.41) is 0.335. The SMILES string of the molecule is COc1ccc(C(=O)c2ccc(Br)o2)c(Cl)c1. The molecule has 1 aromatic heterocycles. The average Bonchev–Trinajstić information content (AvgIpc) is 2.75. The number of hydrogen-bond donors (Lipinski definition) is 0. The Bertz CT molecular complexity index is 563. The molecule has 0 amide bonds. The Hall–Kier alpha value is -1.26. The Kier molecular flexibility index (Phi) is 3.54. The zero-order valence-corrected chi connectivity index (χ0v) is 11.2. The lowest BCUT2D eigenvalue weighted by Gasteiger charge is -2.04. The number of halogens is 2. The number of ketones is 1. The number of ether oxygens (including phenoxy) is 1. The summed E-state index contributed by atoms with van der Waals surface area (Å²) in [7, 11) is 1.54. The van der Waals surface area contributed by atoms with Gasteiger partial charge in [-0.05, 0) is 46.3 Å². The van der Waals surface area contributed by atoms with Gasteiger partial charge < -0.3 is 9.15 Å². The smallest absolute Gasteiger partial charge is 0.229 e. The summed E-state index contributed by atoms with van der Waals surface area (Å²) in [5.74, 6) is 0.583. The molecule has 2 rings (SSSR count). The predicted molar refractivity (Wildman–Crippen MR) is 67.8 cm³/mol. The summed E-state index contributed by atoms with van der Waals surface area (Å²) >= 11 is 9.15. The monoisotopic (exact) mass is 314 g/mol. The molecule has 0 saturated heterocycles. The van der Waals surface area contributed by atoms with Crippen LogP contribution >= 0.6 is 27.5 Å². The van der Waals surface area contributed by atoms with Crippen LogP contribution in [0.1, 0.15) is 16.1 Å². The highest BCUT2D eigenvalue weighted by atomic mass is 79.9. The summed E-state index contributed by atoms with van der Waals surface area (Å²) in [4.78, 5) is 12.0. The van der Waals surface area contributed by atoms with Gasteiger partial charge in [-0.25, -0.2) is 0 Å². The first-order valence-corrected chi connectivity index (χ1v) is 5.92. The van der Waals surface area contributed by atoms with Crippen LogP contribution in [0, 0.1) is 0 Å². The van der Waals surface area contributed by atoms with E-state index in [1.165, 1.54) is 7.11 Å². The maximum absolute atomic E-state index is 12.0. The van der Waals surface area contributed by atoms with Gasteiger partial charge in [0.2, 0.25) is 5.78 Å². The molecule has 0 bridgehead atoms. The van der Waals surface area contributed by atoms with Crippen molar-refractivity contribution in [2.24, 2.45) is 0 Å². The molecule has 0 aliphatic carbocycles. The van der Waals surface area contributed by atoms with Crippen LogP contribution in [0.5, 0.6) is 5.75 Å². The third kappa shape index (κ3) is 2.53. The van der Waals surface area contributed by atoms with E-state index in [1.54, 1.807) is 30.3 Å². The number of methoxy groups -OCH3 is 1. The molecular formula is C12H8BrClO3. The molecule has 0 aliphatic rings. The molecule has 0 saturated carbocycles. The van der Waals surface area contributed by atoms with Gasteiger partial charge in [-0.2, -0.15) is 0 Å². The van der Waals surface area contributed by atoms with E-state index in [2.05, 4.69) is 15.9 Å². The molecule has 0 fully saturated rings. The second kappa shape index (κ2) is 4.94. The summed E-state index contributed by atoms with van der Waals surface area (Å²) in [5.41, 5.74) is 0.384. The van der Waals surface area contributed by atoms with E-state index in [-0.39, 0.29) is 11.5 Å². The molecular weight excluding hydrogens is 307 g/mol. The first kappa shape index (κ1) is 12.2. The fourth-order valence-electron chi connectivity index (χ4n) is 1.38. The lowest BCUT2D eigenvalue weighted by atomic mass is 10.1.